The summed E-state index contributed by atoms with van der Waals surface area (Å²) in [5.41, 5.74) is 0.228. The van der Waals surface area contributed by atoms with Gasteiger partial charge in [0.15, 0.2) is 5.69 Å². The maximum Gasteiger partial charge on any atom is 0.277 e. The second-order valence-corrected chi connectivity index (χ2v) is 2.53. The van der Waals surface area contributed by atoms with E-state index in [9.17, 15) is 9.18 Å². The van der Waals surface area contributed by atoms with Crippen molar-refractivity contribution in [2.75, 3.05) is 5.32 Å². The number of aryl methyl sites for hydroxylation is 1. The second kappa shape index (κ2) is 4.08. The molecule has 1 atom stereocenters. The number of imidazole rings is 1. The van der Waals surface area contributed by atoms with Crippen LogP contribution in [0.1, 0.15) is 24.3 Å². The van der Waals surface area contributed by atoms with Gasteiger partial charge in [-0.25, -0.2) is 4.98 Å². The lowest BCUT2D eigenvalue weighted by Crippen LogP contribution is -2.42. The summed E-state index contributed by atoms with van der Waals surface area (Å²) in [6.45, 7) is 4.00. The van der Waals surface area contributed by atoms with Crippen molar-refractivity contribution < 1.29 is 9.18 Å². The van der Waals surface area contributed by atoms with E-state index >= 15 is 0 Å². The summed E-state index contributed by atoms with van der Waals surface area (Å²) in [7, 11) is 1.68. The number of hydrogen-bond acceptors (Lipinski definition) is 3. The van der Waals surface area contributed by atoms with Crippen LogP contribution in [0.5, 0.6) is 0 Å². The zero-order chi connectivity index (χ0) is 10.7. The lowest BCUT2D eigenvalue weighted by molar-refractivity contribution is 0.0892. The minimum absolute atomic E-state index is 0.228. The number of carbonyl (C=O) groups excluding carboxylic acids is 1. The molecule has 0 saturated heterocycles. The van der Waals surface area contributed by atoms with Crippen molar-refractivity contribution in [1.82, 2.24) is 14.9 Å². The van der Waals surface area contributed by atoms with Crippen molar-refractivity contribution in [1.29, 1.82) is 0 Å². The Bertz CT molecular complexity index is 336. The van der Waals surface area contributed by atoms with Crippen molar-refractivity contribution in [2.24, 2.45) is 7.05 Å². The van der Waals surface area contributed by atoms with Crippen LogP contribution in [0.2, 0.25) is 0 Å². The Labute approximate surface area is 81.3 Å². The number of hydrogen-bond donors (Lipinski definition) is 2. The van der Waals surface area contributed by atoms with Crippen LogP contribution in [0.15, 0.2) is 6.33 Å². The van der Waals surface area contributed by atoms with E-state index < -0.39 is 12.3 Å². The molecule has 1 aromatic heterocycles. The summed E-state index contributed by atoms with van der Waals surface area (Å²) < 4.78 is 14.2. The highest BCUT2D eigenvalue weighted by Gasteiger charge is 2.26. The molecule has 1 unspecified atom stereocenters. The summed E-state index contributed by atoms with van der Waals surface area (Å²) in [6, 6.07) is 0. The molecule has 1 aliphatic heterocycles. The summed E-state index contributed by atoms with van der Waals surface area (Å²) in [4.78, 5) is 14.8. The van der Waals surface area contributed by atoms with Crippen molar-refractivity contribution in [3.8, 4) is 0 Å². The number of nitrogens with zero attached hydrogens (tertiary/aromatic N) is 2. The van der Waals surface area contributed by atoms with Gasteiger partial charge in [0.2, 0.25) is 6.42 Å². The fourth-order valence-electron chi connectivity index (χ4n) is 1.11. The van der Waals surface area contributed by atoms with Gasteiger partial charge >= 0.3 is 0 Å². The Balaban J connectivity index is 0.000000461. The summed E-state index contributed by atoms with van der Waals surface area (Å²) >= 11 is 0. The molecule has 0 radical (unpaired) electrons. The SMILES string of the molecule is CC.Cn1cnc2c1NC(F)NC2=O. The quantitative estimate of drug-likeness (QED) is 0.610. The standard InChI is InChI=1S/C6H7FN4O.C2H6/c1-11-2-8-3-4(11)9-6(7)10-5(3)12;1-2/h2,6,9H,1H3,(H,10,12);1-2H3. The first-order valence-electron chi connectivity index (χ1n) is 4.41. The van der Waals surface area contributed by atoms with Crippen molar-refractivity contribution in [3.63, 3.8) is 0 Å². The van der Waals surface area contributed by atoms with Crippen molar-refractivity contribution in [3.05, 3.63) is 12.0 Å². The van der Waals surface area contributed by atoms with Gasteiger partial charge in [-0.3, -0.25) is 4.79 Å². The Morgan fingerprint density at radius 2 is 2.14 bits per heavy atom. The number of aromatic nitrogens is 2. The number of rotatable bonds is 0. The molecule has 0 saturated carbocycles. The number of halogens is 1. The highest BCUT2D eigenvalue weighted by Crippen LogP contribution is 2.17. The fourth-order valence-corrected chi connectivity index (χ4v) is 1.11. The zero-order valence-electron chi connectivity index (χ0n) is 8.34. The van der Waals surface area contributed by atoms with E-state index in [1.807, 2.05) is 13.8 Å². The molecule has 5 nitrogen and oxygen atoms in total. The lowest BCUT2D eigenvalue weighted by Gasteiger charge is -2.19. The Morgan fingerprint density at radius 1 is 1.50 bits per heavy atom. The highest BCUT2D eigenvalue weighted by atomic mass is 19.1. The van der Waals surface area contributed by atoms with Crippen LogP contribution < -0.4 is 10.6 Å². The van der Waals surface area contributed by atoms with Crippen LogP contribution in [-0.4, -0.2) is 21.9 Å². The predicted molar refractivity (Wildman–Crippen MR) is 50.5 cm³/mol. The molecule has 1 aliphatic rings. The monoisotopic (exact) mass is 200 g/mol. The molecule has 1 amide bonds. The lowest BCUT2D eigenvalue weighted by atomic mass is 10.3. The van der Waals surface area contributed by atoms with Gasteiger partial charge in [-0.2, -0.15) is 4.39 Å². The summed E-state index contributed by atoms with van der Waals surface area (Å²) in [5.74, 6) is -0.0805. The molecule has 78 valence electrons. The molecule has 0 aromatic carbocycles. The first-order valence-corrected chi connectivity index (χ1v) is 4.41. The molecule has 0 fully saturated rings. The molecule has 0 bridgehead atoms. The van der Waals surface area contributed by atoms with Gasteiger partial charge in [-0.15, -0.1) is 0 Å². The highest BCUT2D eigenvalue weighted by molar-refractivity contribution is 5.98. The molecule has 2 rings (SSSR count). The average Bonchev–Trinajstić information content (AvgIpc) is 2.52. The van der Waals surface area contributed by atoms with E-state index in [0.29, 0.717) is 5.82 Å². The minimum Gasteiger partial charge on any atom is -0.323 e. The van der Waals surface area contributed by atoms with Gasteiger partial charge in [0.1, 0.15) is 5.82 Å². The van der Waals surface area contributed by atoms with Gasteiger partial charge in [0.05, 0.1) is 6.33 Å². The van der Waals surface area contributed by atoms with Gasteiger partial charge < -0.3 is 15.2 Å². The van der Waals surface area contributed by atoms with Crippen LogP contribution in [0.4, 0.5) is 10.2 Å². The van der Waals surface area contributed by atoms with Crippen LogP contribution >= 0.6 is 0 Å². The topological polar surface area (TPSA) is 59.0 Å². The molecule has 0 aliphatic carbocycles. The molecule has 6 heteroatoms. The van der Waals surface area contributed by atoms with Gasteiger partial charge in [0, 0.05) is 7.05 Å². The van der Waals surface area contributed by atoms with E-state index in [0.717, 1.165) is 0 Å². The number of carbonyl (C=O) groups is 1. The largest absolute Gasteiger partial charge is 0.323 e. The first-order chi connectivity index (χ1) is 6.68. The van der Waals surface area contributed by atoms with Crippen LogP contribution in [-0.2, 0) is 7.05 Å². The van der Waals surface area contributed by atoms with Gasteiger partial charge in [-0.1, -0.05) is 13.8 Å². The maximum atomic E-state index is 12.7. The van der Waals surface area contributed by atoms with Crippen LogP contribution in [0, 0.1) is 0 Å². The number of anilines is 1. The minimum atomic E-state index is -1.53. The Morgan fingerprint density at radius 3 is 2.79 bits per heavy atom. The van der Waals surface area contributed by atoms with Crippen molar-refractivity contribution >= 4 is 11.7 Å². The van der Waals surface area contributed by atoms with E-state index in [1.165, 1.54) is 6.33 Å². The van der Waals surface area contributed by atoms with Crippen LogP contribution in [0.3, 0.4) is 0 Å². The molecular weight excluding hydrogens is 187 g/mol. The van der Waals surface area contributed by atoms with Gasteiger partial charge in [0.25, 0.3) is 5.91 Å². The third kappa shape index (κ3) is 1.68. The molecule has 2 heterocycles. The average molecular weight is 200 g/mol. The Kier molecular flexibility index (Phi) is 3.06. The third-order valence-electron chi connectivity index (χ3n) is 1.67. The van der Waals surface area contributed by atoms with E-state index in [1.54, 1.807) is 11.6 Å². The smallest absolute Gasteiger partial charge is 0.277 e. The summed E-state index contributed by atoms with van der Waals surface area (Å²) in [6.07, 6.45) is -0.0737. The van der Waals surface area contributed by atoms with E-state index in [-0.39, 0.29) is 5.69 Å². The molecule has 14 heavy (non-hydrogen) atoms. The van der Waals surface area contributed by atoms with E-state index in [4.69, 9.17) is 0 Å². The number of nitrogens with one attached hydrogen (secondary N) is 2. The summed E-state index contributed by atoms with van der Waals surface area (Å²) in [5, 5.41) is 4.50. The predicted octanol–water partition coefficient (Wildman–Crippen LogP) is 0.855. The molecule has 2 N–H and O–H groups in total. The van der Waals surface area contributed by atoms with E-state index in [2.05, 4.69) is 15.6 Å². The van der Waals surface area contributed by atoms with Gasteiger partial charge in [-0.05, 0) is 0 Å². The molecule has 1 aromatic rings. The third-order valence-corrected chi connectivity index (χ3v) is 1.67. The first kappa shape index (κ1) is 10.5. The normalized spacial score (nSPS) is 18.6. The fraction of sp³-hybridized carbons (Fsp3) is 0.500. The van der Waals surface area contributed by atoms with Crippen molar-refractivity contribution in [2.45, 2.75) is 20.3 Å². The Hall–Kier alpha value is -1.59. The van der Waals surface area contributed by atoms with Crippen LogP contribution in [0.25, 0.3) is 0 Å². The number of fused-ring (bicyclic) bond motifs is 1. The zero-order valence-corrected chi connectivity index (χ0v) is 8.34. The maximum absolute atomic E-state index is 12.7. The molecular formula is C8H13FN4O. The second-order valence-electron chi connectivity index (χ2n) is 2.53. The molecule has 0 spiro atoms. The number of amides is 1. The number of alkyl halides is 1.